The predicted molar refractivity (Wildman–Crippen MR) is 110 cm³/mol. The fraction of sp³-hybridized carbons (Fsp3) is 0.200. The number of nitrogens with one attached hydrogen (secondary N) is 4. The molecule has 4 rings (SSSR count). The maximum absolute atomic E-state index is 12.6. The quantitative estimate of drug-likeness (QED) is 0.538. The molecule has 0 radical (unpaired) electrons. The summed E-state index contributed by atoms with van der Waals surface area (Å²) in [7, 11) is 0. The van der Waals surface area contributed by atoms with Crippen LogP contribution in [-0.2, 0) is 9.59 Å². The number of benzene rings is 2. The number of rotatable bonds is 3. The second kappa shape index (κ2) is 7.40. The third-order valence-corrected chi connectivity index (χ3v) is 5.54. The largest absolute Gasteiger partial charge is 0.358 e. The van der Waals surface area contributed by atoms with Crippen molar-refractivity contribution in [3.8, 4) is 0 Å². The minimum Gasteiger partial charge on any atom is -0.323 e. The van der Waals surface area contributed by atoms with Crippen LogP contribution in [0.4, 0.5) is 10.8 Å². The average Bonchev–Trinajstić information content (AvgIpc) is 3.06. The molecule has 2 aromatic carbocycles. The lowest BCUT2D eigenvalue weighted by Gasteiger charge is -2.16. The first-order valence-corrected chi connectivity index (χ1v) is 9.73. The van der Waals surface area contributed by atoms with Gasteiger partial charge < -0.3 is 5.32 Å². The molecule has 2 heterocycles. The van der Waals surface area contributed by atoms with Gasteiger partial charge in [0, 0.05) is 5.69 Å². The van der Waals surface area contributed by atoms with Gasteiger partial charge in [-0.2, -0.15) is 0 Å². The number of hydrogen-bond acceptors (Lipinski definition) is 5. The molecule has 7 nitrogen and oxygen atoms in total. The lowest BCUT2D eigenvalue weighted by molar-refractivity contribution is -0.490. The fourth-order valence-corrected chi connectivity index (χ4v) is 3.81. The van der Waals surface area contributed by atoms with Gasteiger partial charge in [-0.1, -0.05) is 29.5 Å². The number of aromatic nitrogens is 1. The summed E-state index contributed by atoms with van der Waals surface area (Å²) < 4.78 is 1.04. The van der Waals surface area contributed by atoms with Crippen LogP contribution < -0.4 is 20.9 Å². The Kier molecular flexibility index (Phi) is 4.79. The molecule has 1 aromatic heterocycles. The van der Waals surface area contributed by atoms with E-state index in [1.165, 1.54) is 11.3 Å². The van der Waals surface area contributed by atoms with Crippen LogP contribution >= 0.6 is 11.3 Å². The van der Waals surface area contributed by atoms with Gasteiger partial charge in [0.05, 0.1) is 16.6 Å². The molecule has 0 spiro atoms. The van der Waals surface area contributed by atoms with Crippen molar-refractivity contribution in [1.82, 2.24) is 10.3 Å². The number of anilines is 2. The molecule has 0 bridgehead atoms. The Balaban J connectivity index is 1.51. The molecule has 3 aromatic rings. The molecule has 142 valence electrons. The minimum absolute atomic E-state index is 0.0572. The molecule has 2 amide bonds. The van der Waals surface area contributed by atoms with Gasteiger partial charge in [0.1, 0.15) is 0 Å². The van der Waals surface area contributed by atoms with Crippen LogP contribution in [0.15, 0.2) is 42.5 Å². The summed E-state index contributed by atoms with van der Waals surface area (Å²) >= 11 is 1.47. The van der Waals surface area contributed by atoms with Crippen molar-refractivity contribution in [3.05, 3.63) is 53.6 Å². The number of carbonyl (C=O) groups excluding carboxylic acids is 2. The van der Waals surface area contributed by atoms with Gasteiger partial charge in [0.2, 0.25) is 0 Å². The van der Waals surface area contributed by atoms with Gasteiger partial charge in [-0.25, -0.2) is 15.6 Å². The topological polar surface area (TPSA) is 97.1 Å². The van der Waals surface area contributed by atoms with E-state index in [9.17, 15) is 9.59 Å². The molecular formula is C20H20N5O2S+. The molecular weight excluding hydrogens is 374 g/mol. The number of thiazole rings is 1. The smallest absolute Gasteiger partial charge is 0.323 e. The molecule has 4 N–H and O–H groups in total. The van der Waals surface area contributed by atoms with Crippen molar-refractivity contribution < 1.29 is 14.6 Å². The Labute approximate surface area is 165 Å². The zero-order valence-corrected chi connectivity index (χ0v) is 16.3. The summed E-state index contributed by atoms with van der Waals surface area (Å²) in [5, 5.41) is 9.29. The standard InChI is InChI=1S/C20H19N5O2S/c1-11-7-8-13(9-12(11)2)21-18(27)15-10-17(26)24-19(22-15)25-20-23-14-5-3-4-6-16(14)28-20/h3-9,15H,10H2,1-2H3,(H,21,27)(H2,22,23,24,25,26)/p+1/t15-/m1/s1. The molecule has 0 unspecified atom stereocenters. The Morgan fingerprint density at radius 3 is 2.82 bits per heavy atom. The highest BCUT2D eigenvalue weighted by molar-refractivity contribution is 7.22. The third kappa shape index (κ3) is 3.86. The Bertz CT molecular complexity index is 1070. The number of guanidine groups is 1. The first kappa shape index (κ1) is 18.1. The van der Waals surface area contributed by atoms with Gasteiger partial charge >= 0.3 is 5.96 Å². The van der Waals surface area contributed by atoms with E-state index < -0.39 is 6.04 Å². The molecule has 1 aliphatic heterocycles. The predicted octanol–water partition coefficient (Wildman–Crippen LogP) is 1.29. The van der Waals surface area contributed by atoms with Crippen molar-refractivity contribution in [3.63, 3.8) is 0 Å². The number of fused-ring (bicyclic) bond motifs is 1. The molecule has 1 atom stereocenters. The van der Waals surface area contributed by atoms with Crippen LogP contribution in [0.3, 0.4) is 0 Å². The Morgan fingerprint density at radius 2 is 2.04 bits per heavy atom. The van der Waals surface area contributed by atoms with Crippen molar-refractivity contribution in [2.24, 2.45) is 0 Å². The molecule has 8 heteroatoms. The molecule has 0 fully saturated rings. The fourth-order valence-electron chi connectivity index (χ4n) is 2.94. The van der Waals surface area contributed by atoms with E-state index in [2.05, 4.69) is 25.9 Å². The van der Waals surface area contributed by atoms with Crippen molar-refractivity contribution in [1.29, 1.82) is 0 Å². The van der Waals surface area contributed by atoms with Gasteiger partial charge in [-0.3, -0.25) is 14.6 Å². The summed E-state index contributed by atoms with van der Waals surface area (Å²) in [5.41, 5.74) is 3.84. The number of carbonyl (C=O) groups is 2. The normalized spacial score (nSPS) is 16.4. The van der Waals surface area contributed by atoms with E-state index in [-0.39, 0.29) is 18.2 Å². The monoisotopic (exact) mass is 394 g/mol. The van der Waals surface area contributed by atoms with Gasteiger partial charge in [0.15, 0.2) is 6.04 Å². The van der Waals surface area contributed by atoms with E-state index >= 15 is 0 Å². The van der Waals surface area contributed by atoms with Crippen molar-refractivity contribution in [2.45, 2.75) is 26.3 Å². The molecule has 28 heavy (non-hydrogen) atoms. The van der Waals surface area contributed by atoms with Crippen LogP contribution in [0, 0.1) is 13.8 Å². The highest BCUT2D eigenvalue weighted by atomic mass is 32.1. The summed E-state index contributed by atoms with van der Waals surface area (Å²) in [6.45, 7) is 4.01. The van der Waals surface area contributed by atoms with Crippen LogP contribution in [-0.4, -0.2) is 28.8 Å². The lowest BCUT2D eigenvalue weighted by Crippen LogP contribution is -2.89. The highest BCUT2D eigenvalue weighted by Crippen LogP contribution is 2.25. The van der Waals surface area contributed by atoms with E-state index in [1.807, 2.05) is 56.3 Å². The maximum atomic E-state index is 12.6. The SMILES string of the molecule is Cc1ccc(NC(=O)[C@H]2CC(=O)NC(Nc3nc4ccccc4s3)=[NH+]2)cc1C. The first-order chi connectivity index (χ1) is 13.5. The summed E-state index contributed by atoms with van der Waals surface area (Å²) in [4.78, 5) is 32.3. The summed E-state index contributed by atoms with van der Waals surface area (Å²) in [6, 6.07) is 12.8. The number of amides is 2. The zero-order chi connectivity index (χ0) is 19.7. The third-order valence-electron chi connectivity index (χ3n) is 4.59. The van der Waals surface area contributed by atoms with E-state index in [0.717, 1.165) is 21.3 Å². The number of nitrogens with zero attached hydrogens (tertiary/aromatic N) is 1. The van der Waals surface area contributed by atoms with E-state index in [1.54, 1.807) is 0 Å². The maximum Gasteiger partial charge on any atom is 0.358 e. The highest BCUT2D eigenvalue weighted by Gasteiger charge is 2.31. The number of hydrogen-bond donors (Lipinski definition) is 4. The lowest BCUT2D eigenvalue weighted by atomic mass is 10.1. The average molecular weight is 394 g/mol. The Morgan fingerprint density at radius 1 is 1.21 bits per heavy atom. The van der Waals surface area contributed by atoms with Crippen LogP contribution in [0.1, 0.15) is 17.5 Å². The number of aryl methyl sites for hydroxylation is 2. The minimum atomic E-state index is -0.674. The van der Waals surface area contributed by atoms with Crippen molar-refractivity contribution >= 4 is 50.1 Å². The van der Waals surface area contributed by atoms with Crippen LogP contribution in [0.2, 0.25) is 0 Å². The van der Waals surface area contributed by atoms with Gasteiger partial charge in [-0.05, 0) is 49.2 Å². The zero-order valence-electron chi connectivity index (χ0n) is 15.5. The molecule has 0 saturated heterocycles. The van der Waals surface area contributed by atoms with E-state index in [0.29, 0.717) is 16.8 Å². The summed E-state index contributed by atoms with van der Waals surface area (Å²) in [6.07, 6.45) is 0.0572. The molecule has 1 aliphatic rings. The van der Waals surface area contributed by atoms with Gasteiger partial charge in [-0.15, -0.1) is 0 Å². The van der Waals surface area contributed by atoms with Crippen LogP contribution in [0.5, 0.6) is 0 Å². The van der Waals surface area contributed by atoms with Gasteiger partial charge in [0.25, 0.3) is 16.9 Å². The molecule has 0 aliphatic carbocycles. The first-order valence-electron chi connectivity index (χ1n) is 8.92. The molecule has 0 saturated carbocycles. The van der Waals surface area contributed by atoms with E-state index in [4.69, 9.17) is 0 Å². The second-order valence-corrected chi connectivity index (χ2v) is 7.75. The number of para-hydroxylation sites is 1. The van der Waals surface area contributed by atoms with Crippen molar-refractivity contribution in [2.75, 3.05) is 10.6 Å². The Hall–Kier alpha value is -3.26. The van der Waals surface area contributed by atoms with Crippen LogP contribution in [0.25, 0.3) is 10.2 Å². The second-order valence-electron chi connectivity index (χ2n) is 6.72. The summed E-state index contributed by atoms with van der Waals surface area (Å²) in [5.74, 6) is -0.139.